The number of aryl methyl sites for hydroxylation is 2. The number of hydrogen-bond donors (Lipinski definition) is 1. The lowest BCUT2D eigenvalue weighted by Gasteiger charge is -2.10. The van der Waals surface area contributed by atoms with Crippen molar-refractivity contribution < 1.29 is 4.39 Å². The Morgan fingerprint density at radius 1 is 1.22 bits per heavy atom. The minimum atomic E-state index is -0.296. The van der Waals surface area contributed by atoms with Gasteiger partial charge in [0.25, 0.3) is 0 Å². The molecule has 94 valence electrons. The van der Waals surface area contributed by atoms with Gasteiger partial charge in [-0.25, -0.2) is 14.4 Å². The van der Waals surface area contributed by atoms with Crippen LogP contribution >= 0.6 is 0 Å². The Hall–Kier alpha value is -1.97. The molecule has 3 nitrogen and oxygen atoms in total. The van der Waals surface area contributed by atoms with Crippen LogP contribution in [0.25, 0.3) is 11.4 Å². The molecule has 1 heterocycles. The Balaban J connectivity index is 2.61. The average Bonchev–Trinajstić information content (AvgIpc) is 2.32. The molecule has 2 aromatic rings. The molecule has 0 aliphatic heterocycles. The van der Waals surface area contributed by atoms with Crippen LogP contribution in [-0.2, 0) is 6.42 Å². The summed E-state index contributed by atoms with van der Waals surface area (Å²) in [7, 11) is 0. The lowest BCUT2D eigenvalue weighted by atomic mass is 10.1. The first-order chi connectivity index (χ1) is 8.52. The smallest absolute Gasteiger partial charge is 0.162 e. The summed E-state index contributed by atoms with van der Waals surface area (Å²) in [5.41, 5.74) is 9.33. The normalized spacial score (nSPS) is 10.7. The second-order valence-electron chi connectivity index (χ2n) is 4.31. The van der Waals surface area contributed by atoms with Crippen molar-refractivity contribution in [2.75, 3.05) is 5.73 Å². The number of nitrogens with zero attached hydrogens (tertiary/aromatic N) is 2. The van der Waals surface area contributed by atoms with E-state index in [4.69, 9.17) is 5.73 Å². The number of aromatic nitrogens is 2. The van der Waals surface area contributed by atoms with E-state index in [0.29, 0.717) is 17.2 Å². The molecular weight excluding hydrogens is 229 g/mol. The van der Waals surface area contributed by atoms with Gasteiger partial charge in [0.2, 0.25) is 0 Å². The van der Waals surface area contributed by atoms with Crippen LogP contribution in [0, 0.1) is 19.7 Å². The van der Waals surface area contributed by atoms with Gasteiger partial charge in [-0.1, -0.05) is 13.0 Å². The molecule has 1 aromatic heterocycles. The molecule has 0 bridgehead atoms. The third kappa shape index (κ3) is 2.18. The Labute approximate surface area is 106 Å². The van der Waals surface area contributed by atoms with Gasteiger partial charge in [0, 0.05) is 16.8 Å². The van der Waals surface area contributed by atoms with Crippen molar-refractivity contribution >= 4 is 5.82 Å². The van der Waals surface area contributed by atoms with E-state index in [1.807, 2.05) is 20.8 Å². The maximum Gasteiger partial charge on any atom is 0.162 e. The van der Waals surface area contributed by atoms with Crippen molar-refractivity contribution in [2.24, 2.45) is 0 Å². The summed E-state index contributed by atoms with van der Waals surface area (Å²) in [5.74, 6) is 0.665. The molecular formula is C14H16FN3. The summed E-state index contributed by atoms with van der Waals surface area (Å²) < 4.78 is 13.3. The molecule has 0 aliphatic carbocycles. The lowest BCUT2D eigenvalue weighted by Crippen LogP contribution is -2.05. The second-order valence-corrected chi connectivity index (χ2v) is 4.31. The highest BCUT2D eigenvalue weighted by Crippen LogP contribution is 2.24. The van der Waals surface area contributed by atoms with E-state index in [1.54, 1.807) is 6.07 Å². The van der Waals surface area contributed by atoms with Crippen LogP contribution < -0.4 is 5.73 Å². The minimum Gasteiger partial charge on any atom is -0.383 e. The maximum atomic E-state index is 13.3. The molecule has 18 heavy (non-hydrogen) atoms. The van der Waals surface area contributed by atoms with E-state index >= 15 is 0 Å². The van der Waals surface area contributed by atoms with Crippen LogP contribution in [0.5, 0.6) is 0 Å². The molecule has 0 saturated heterocycles. The van der Waals surface area contributed by atoms with Crippen molar-refractivity contribution in [3.05, 3.63) is 40.8 Å². The number of nitrogens with two attached hydrogens (primary N) is 1. The molecule has 0 aliphatic rings. The predicted molar refractivity (Wildman–Crippen MR) is 70.7 cm³/mol. The van der Waals surface area contributed by atoms with Crippen LogP contribution in [0.1, 0.15) is 23.7 Å². The zero-order valence-electron chi connectivity index (χ0n) is 10.8. The number of benzene rings is 1. The van der Waals surface area contributed by atoms with Gasteiger partial charge in [0.05, 0.1) is 0 Å². The first-order valence-corrected chi connectivity index (χ1v) is 5.92. The van der Waals surface area contributed by atoms with Gasteiger partial charge in [-0.3, -0.25) is 0 Å². The largest absolute Gasteiger partial charge is 0.383 e. The number of anilines is 1. The van der Waals surface area contributed by atoms with Gasteiger partial charge in [-0.2, -0.15) is 0 Å². The fourth-order valence-electron chi connectivity index (χ4n) is 2.01. The number of rotatable bonds is 2. The highest BCUT2D eigenvalue weighted by molar-refractivity contribution is 5.62. The van der Waals surface area contributed by atoms with Crippen LogP contribution in [-0.4, -0.2) is 9.97 Å². The fraction of sp³-hybridized carbons (Fsp3) is 0.286. The van der Waals surface area contributed by atoms with Crippen molar-refractivity contribution in [1.82, 2.24) is 9.97 Å². The topological polar surface area (TPSA) is 51.8 Å². The lowest BCUT2D eigenvalue weighted by molar-refractivity contribution is 0.627. The molecule has 0 fully saturated rings. The van der Waals surface area contributed by atoms with Crippen LogP contribution in [0.3, 0.4) is 0 Å². The molecule has 1 aromatic carbocycles. The fourth-order valence-corrected chi connectivity index (χ4v) is 2.01. The van der Waals surface area contributed by atoms with E-state index < -0.39 is 0 Å². The van der Waals surface area contributed by atoms with Crippen LogP contribution in [0.15, 0.2) is 18.2 Å². The summed E-state index contributed by atoms with van der Waals surface area (Å²) in [6, 6.07) is 4.58. The quantitative estimate of drug-likeness (QED) is 0.884. The Kier molecular flexibility index (Phi) is 3.28. The molecule has 0 amide bonds. The molecule has 0 saturated carbocycles. The minimum absolute atomic E-state index is 0.296. The SMILES string of the molecule is CCc1c(C)nc(-c2cc(F)ccc2C)nc1N. The molecule has 2 rings (SSSR count). The third-order valence-electron chi connectivity index (χ3n) is 3.04. The highest BCUT2D eigenvalue weighted by Gasteiger charge is 2.11. The van der Waals surface area contributed by atoms with Gasteiger partial charge in [-0.05, 0) is 38.0 Å². The molecule has 0 radical (unpaired) electrons. The summed E-state index contributed by atoms with van der Waals surface area (Å²) in [6.45, 7) is 5.81. The number of nitrogen functional groups attached to an aromatic ring is 1. The summed E-state index contributed by atoms with van der Waals surface area (Å²) >= 11 is 0. The van der Waals surface area contributed by atoms with Gasteiger partial charge >= 0.3 is 0 Å². The zero-order valence-corrected chi connectivity index (χ0v) is 10.8. The average molecular weight is 245 g/mol. The van der Waals surface area contributed by atoms with Gasteiger partial charge in [0.15, 0.2) is 5.82 Å². The zero-order chi connectivity index (χ0) is 13.3. The maximum absolute atomic E-state index is 13.3. The van der Waals surface area contributed by atoms with Gasteiger partial charge < -0.3 is 5.73 Å². The van der Waals surface area contributed by atoms with E-state index in [9.17, 15) is 4.39 Å². The monoisotopic (exact) mass is 245 g/mol. The molecule has 4 heteroatoms. The Morgan fingerprint density at radius 3 is 2.56 bits per heavy atom. The second kappa shape index (κ2) is 4.72. The molecule has 0 unspecified atom stereocenters. The first kappa shape index (κ1) is 12.5. The van der Waals surface area contributed by atoms with Crippen molar-refractivity contribution in [1.29, 1.82) is 0 Å². The summed E-state index contributed by atoms with van der Waals surface area (Å²) in [4.78, 5) is 8.70. The van der Waals surface area contributed by atoms with E-state index in [0.717, 1.165) is 23.2 Å². The van der Waals surface area contributed by atoms with E-state index in [2.05, 4.69) is 9.97 Å². The summed E-state index contributed by atoms with van der Waals surface area (Å²) in [5, 5.41) is 0. The molecule has 2 N–H and O–H groups in total. The molecule has 0 atom stereocenters. The number of halogens is 1. The van der Waals surface area contributed by atoms with E-state index in [1.165, 1.54) is 12.1 Å². The number of hydrogen-bond acceptors (Lipinski definition) is 3. The predicted octanol–water partition coefficient (Wildman–Crippen LogP) is 3.04. The van der Waals surface area contributed by atoms with Crippen LogP contribution in [0.2, 0.25) is 0 Å². The highest BCUT2D eigenvalue weighted by atomic mass is 19.1. The molecule has 0 spiro atoms. The standard InChI is InChI=1S/C14H16FN3/c1-4-11-9(3)17-14(18-13(11)16)12-7-10(15)6-5-8(12)2/h5-7H,4H2,1-3H3,(H2,16,17,18). The van der Waals surface area contributed by atoms with Crippen molar-refractivity contribution in [3.8, 4) is 11.4 Å². The summed E-state index contributed by atoms with van der Waals surface area (Å²) in [6.07, 6.45) is 0.792. The van der Waals surface area contributed by atoms with E-state index in [-0.39, 0.29) is 5.82 Å². The Morgan fingerprint density at radius 2 is 1.94 bits per heavy atom. The Bertz CT molecular complexity index is 571. The van der Waals surface area contributed by atoms with Crippen LogP contribution in [0.4, 0.5) is 10.2 Å². The van der Waals surface area contributed by atoms with Crippen molar-refractivity contribution in [2.45, 2.75) is 27.2 Å². The first-order valence-electron chi connectivity index (χ1n) is 5.92. The van der Waals surface area contributed by atoms with Gasteiger partial charge in [0.1, 0.15) is 11.6 Å². The third-order valence-corrected chi connectivity index (χ3v) is 3.04. The van der Waals surface area contributed by atoms with Gasteiger partial charge in [-0.15, -0.1) is 0 Å². The van der Waals surface area contributed by atoms with Crippen molar-refractivity contribution in [3.63, 3.8) is 0 Å².